The number of hydrogen-bond donors (Lipinski definition) is 3. The Labute approximate surface area is 195 Å². The molecule has 176 valence electrons. The molecule has 2 fully saturated rings. The van der Waals surface area contributed by atoms with Gasteiger partial charge in [0.15, 0.2) is 11.5 Å². The van der Waals surface area contributed by atoms with Crippen LogP contribution in [0, 0.1) is 5.92 Å². The number of carbonyl (C=O) groups excluding carboxylic acids is 2. The summed E-state index contributed by atoms with van der Waals surface area (Å²) in [7, 11) is 0. The molecule has 2 aliphatic heterocycles. The van der Waals surface area contributed by atoms with Crippen LogP contribution in [0.2, 0.25) is 0 Å². The zero-order valence-corrected chi connectivity index (χ0v) is 19.2. The molecule has 4 rings (SSSR count). The van der Waals surface area contributed by atoms with Crippen LogP contribution in [0.3, 0.4) is 0 Å². The number of rotatable bonds is 9. The highest BCUT2D eigenvalue weighted by atomic mass is 16.5. The molecule has 3 N–H and O–H groups in total. The average Bonchev–Trinajstić information content (AvgIpc) is 3.11. The quantitative estimate of drug-likeness (QED) is 0.507. The van der Waals surface area contributed by atoms with E-state index in [4.69, 9.17) is 4.74 Å². The van der Waals surface area contributed by atoms with Crippen LogP contribution in [0.5, 0.6) is 11.5 Å². The fraction of sp³-hybridized carbons (Fsp3) is 0.462. The third-order valence-electron chi connectivity index (χ3n) is 6.91. The maximum atomic E-state index is 12.9. The fourth-order valence-electron chi connectivity index (χ4n) is 5.18. The number of phenols is 1. The lowest BCUT2D eigenvalue weighted by atomic mass is 9.74. The summed E-state index contributed by atoms with van der Waals surface area (Å²) >= 11 is 0. The first-order valence-electron chi connectivity index (χ1n) is 11.9. The van der Waals surface area contributed by atoms with Crippen LogP contribution in [-0.4, -0.2) is 47.2 Å². The van der Waals surface area contributed by atoms with Crippen molar-refractivity contribution in [3.8, 4) is 11.5 Å². The molecule has 0 bridgehead atoms. The minimum absolute atomic E-state index is 0.0827. The number of hydrogen-bond acceptors (Lipinski definition) is 5. The molecule has 7 nitrogen and oxygen atoms in total. The van der Waals surface area contributed by atoms with Crippen LogP contribution in [0.4, 0.5) is 4.79 Å². The fourth-order valence-corrected chi connectivity index (χ4v) is 5.18. The lowest BCUT2D eigenvalue weighted by Gasteiger charge is -2.40. The first-order chi connectivity index (χ1) is 16.0. The predicted octanol–water partition coefficient (Wildman–Crippen LogP) is 3.60. The van der Waals surface area contributed by atoms with Gasteiger partial charge in [-0.1, -0.05) is 42.5 Å². The van der Waals surface area contributed by atoms with Crippen LogP contribution in [0.25, 0.3) is 0 Å². The monoisotopic (exact) mass is 451 g/mol. The predicted molar refractivity (Wildman–Crippen MR) is 126 cm³/mol. The van der Waals surface area contributed by atoms with Crippen molar-refractivity contribution in [2.75, 3.05) is 19.7 Å². The number of para-hydroxylation sites is 1. The normalized spacial score (nSPS) is 21.6. The highest BCUT2D eigenvalue weighted by Gasteiger charge is 2.51. The second-order valence-corrected chi connectivity index (χ2v) is 8.97. The number of nitrogens with zero attached hydrogens (tertiary/aromatic N) is 1. The zero-order chi connectivity index (χ0) is 23.3. The Bertz CT molecular complexity index is 973. The molecule has 3 amide bonds. The lowest BCUT2D eigenvalue weighted by molar-refractivity contribution is -0.127. The largest absolute Gasteiger partial charge is 0.504 e. The molecule has 2 saturated heterocycles. The first-order valence-corrected chi connectivity index (χ1v) is 11.9. The summed E-state index contributed by atoms with van der Waals surface area (Å²) in [5.41, 5.74) is 1.24. The van der Waals surface area contributed by atoms with E-state index in [1.807, 2.05) is 37.3 Å². The lowest BCUT2D eigenvalue weighted by Crippen LogP contribution is -2.56. The molecule has 1 unspecified atom stereocenters. The second kappa shape index (κ2) is 10.3. The van der Waals surface area contributed by atoms with E-state index in [1.54, 1.807) is 6.07 Å². The van der Waals surface area contributed by atoms with Crippen molar-refractivity contribution in [1.82, 2.24) is 15.5 Å². The van der Waals surface area contributed by atoms with E-state index >= 15 is 0 Å². The standard InChI is InChI=1S/C26H33N3O4/c1-2-33-22-12-6-11-20(23(22)30)18-29-16-13-21(14-17-29)26(24(31)27-25(32)28-26)15-7-10-19-8-4-3-5-9-19/h3-6,8-9,11-12,21,30H,2,7,10,13-18H2,1H3,(H2,27,28,31,32). The van der Waals surface area contributed by atoms with Crippen LogP contribution >= 0.6 is 0 Å². The highest BCUT2D eigenvalue weighted by molar-refractivity contribution is 6.07. The average molecular weight is 452 g/mol. The topological polar surface area (TPSA) is 90.9 Å². The summed E-state index contributed by atoms with van der Waals surface area (Å²) < 4.78 is 5.50. The summed E-state index contributed by atoms with van der Waals surface area (Å²) in [6, 6.07) is 15.4. The number of imide groups is 1. The molecule has 2 aliphatic rings. The van der Waals surface area contributed by atoms with Gasteiger partial charge in [-0.3, -0.25) is 15.0 Å². The van der Waals surface area contributed by atoms with Gasteiger partial charge in [0, 0.05) is 12.1 Å². The molecule has 1 atom stereocenters. The Balaban J connectivity index is 1.39. The van der Waals surface area contributed by atoms with Gasteiger partial charge in [-0.05, 0) is 69.7 Å². The van der Waals surface area contributed by atoms with E-state index in [-0.39, 0.29) is 23.6 Å². The van der Waals surface area contributed by atoms with E-state index in [2.05, 4.69) is 27.7 Å². The summed E-state index contributed by atoms with van der Waals surface area (Å²) in [4.78, 5) is 27.3. The van der Waals surface area contributed by atoms with Gasteiger partial charge >= 0.3 is 6.03 Å². The molecule has 0 saturated carbocycles. The Kier molecular flexibility index (Phi) is 7.18. The molecular weight excluding hydrogens is 418 g/mol. The summed E-state index contributed by atoms with van der Waals surface area (Å²) in [5, 5.41) is 16.0. The van der Waals surface area contributed by atoms with Crippen LogP contribution < -0.4 is 15.4 Å². The van der Waals surface area contributed by atoms with Crippen molar-refractivity contribution in [2.24, 2.45) is 5.92 Å². The van der Waals surface area contributed by atoms with Crippen LogP contribution in [0.15, 0.2) is 48.5 Å². The Hall–Kier alpha value is -3.06. The summed E-state index contributed by atoms with van der Waals surface area (Å²) in [5.74, 6) is 0.592. The van der Waals surface area contributed by atoms with Crippen molar-refractivity contribution in [1.29, 1.82) is 0 Å². The number of nitrogens with one attached hydrogen (secondary N) is 2. The minimum Gasteiger partial charge on any atom is -0.504 e. The van der Waals surface area contributed by atoms with Crippen LogP contribution in [0.1, 0.15) is 43.7 Å². The van der Waals surface area contributed by atoms with Gasteiger partial charge in [-0.15, -0.1) is 0 Å². The van der Waals surface area contributed by atoms with Gasteiger partial charge in [-0.2, -0.15) is 0 Å². The van der Waals surface area contributed by atoms with E-state index in [0.29, 0.717) is 25.3 Å². The van der Waals surface area contributed by atoms with Gasteiger partial charge in [0.25, 0.3) is 5.91 Å². The number of amides is 3. The number of urea groups is 1. The molecule has 2 aromatic rings. The molecule has 0 aliphatic carbocycles. The van der Waals surface area contributed by atoms with Gasteiger partial charge < -0.3 is 15.2 Å². The van der Waals surface area contributed by atoms with E-state index in [1.165, 1.54) is 5.56 Å². The maximum Gasteiger partial charge on any atom is 0.322 e. The van der Waals surface area contributed by atoms with Gasteiger partial charge in [0.2, 0.25) is 0 Å². The first kappa shape index (κ1) is 23.1. The van der Waals surface area contributed by atoms with Gasteiger partial charge in [-0.25, -0.2) is 4.79 Å². The Morgan fingerprint density at radius 1 is 1.09 bits per heavy atom. The van der Waals surface area contributed by atoms with E-state index in [0.717, 1.165) is 44.3 Å². The molecule has 2 heterocycles. The third kappa shape index (κ3) is 5.14. The third-order valence-corrected chi connectivity index (χ3v) is 6.91. The molecule has 0 spiro atoms. The molecule has 7 heteroatoms. The number of piperidine rings is 1. The highest BCUT2D eigenvalue weighted by Crippen LogP contribution is 2.36. The van der Waals surface area contributed by atoms with Crippen molar-refractivity contribution in [2.45, 2.75) is 51.1 Å². The molecule has 2 aromatic carbocycles. The Morgan fingerprint density at radius 3 is 2.52 bits per heavy atom. The number of benzene rings is 2. The number of aryl methyl sites for hydroxylation is 1. The zero-order valence-electron chi connectivity index (χ0n) is 19.2. The van der Waals surface area contributed by atoms with Gasteiger partial charge in [0.05, 0.1) is 6.61 Å². The molecule has 0 aromatic heterocycles. The molecule has 33 heavy (non-hydrogen) atoms. The van der Waals surface area contributed by atoms with Crippen molar-refractivity contribution in [3.05, 3.63) is 59.7 Å². The Morgan fingerprint density at radius 2 is 1.85 bits per heavy atom. The van der Waals surface area contributed by atoms with E-state index < -0.39 is 5.54 Å². The van der Waals surface area contributed by atoms with E-state index in [9.17, 15) is 14.7 Å². The number of carbonyl (C=O) groups is 2. The smallest absolute Gasteiger partial charge is 0.322 e. The maximum absolute atomic E-state index is 12.9. The minimum atomic E-state index is -0.838. The van der Waals surface area contributed by atoms with Crippen LogP contribution in [-0.2, 0) is 17.8 Å². The van der Waals surface area contributed by atoms with Crippen molar-refractivity contribution >= 4 is 11.9 Å². The van der Waals surface area contributed by atoms with Crippen molar-refractivity contribution < 1.29 is 19.4 Å². The molecule has 0 radical (unpaired) electrons. The summed E-state index contributed by atoms with van der Waals surface area (Å²) in [6.45, 7) is 4.62. The number of aromatic hydroxyl groups is 1. The van der Waals surface area contributed by atoms with Gasteiger partial charge in [0.1, 0.15) is 5.54 Å². The number of ether oxygens (including phenoxy) is 1. The number of phenolic OH excluding ortho intramolecular Hbond substituents is 1. The van der Waals surface area contributed by atoms with Crippen molar-refractivity contribution in [3.63, 3.8) is 0 Å². The molecular formula is C26H33N3O4. The number of likely N-dealkylation sites (tertiary alicyclic amines) is 1. The SMILES string of the molecule is CCOc1cccc(CN2CCC(C3(CCCc4ccccc4)NC(=O)NC3=O)CC2)c1O. The second-order valence-electron chi connectivity index (χ2n) is 8.97. The summed E-state index contributed by atoms with van der Waals surface area (Å²) in [6.07, 6.45) is 3.95.